The van der Waals surface area contributed by atoms with Crippen molar-refractivity contribution in [2.45, 2.75) is 32.2 Å². The number of benzene rings is 1. The highest BCUT2D eigenvalue weighted by Crippen LogP contribution is 2.30. The van der Waals surface area contributed by atoms with Crippen molar-refractivity contribution in [3.63, 3.8) is 0 Å². The number of urea groups is 1. The number of halogens is 2. The van der Waals surface area contributed by atoms with Gasteiger partial charge in [0, 0.05) is 6.07 Å². The van der Waals surface area contributed by atoms with Gasteiger partial charge in [0.15, 0.2) is 0 Å². The van der Waals surface area contributed by atoms with Crippen LogP contribution in [0.2, 0.25) is 0 Å². The van der Waals surface area contributed by atoms with Crippen LogP contribution in [0.4, 0.5) is 19.3 Å². The Balaban J connectivity index is 2.46. The number of rotatable bonds is 3. The third-order valence-corrected chi connectivity index (χ3v) is 3.47. The van der Waals surface area contributed by atoms with Crippen LogP contribution in [0.1, 0.15) is 26.7 Å². The van der Waals surface area contributed by atoms with E-state index in [1.54, 1.807) is 13.8 Å². The minimum Gasteiger partial charge on any atom is -0.323 e. The van der Waals surface area contributed by atoms with Crippen molar-refractivity contribution in [1.82, 2.24) is 5.32 Å². The van der Waals surface area contributed by atoms with Crippen molar-refractivity contribution >= 4 is 17.6 Å². The summed E-state index contributed by atoms with van der Waals surface area (Å²) in [7, 11) is 0. The largest absolute Gasteiger partial charge is 0.329 e. The highest BCUT2D eigenvalue weighted by atomic mass is 19.1. The maximum absolute atomic E-state index is 13.2. The molecular formula is C13H14F2N2O2. The summed E-state index contributed by atoms with van der Waals surface area (Å²) in [6, 6.07) is 1.96. The molecule has 102 valence electrons. The van der Waals surface area contributed by atoms with Crippen molar-refractivity contribution in [3.8, 4) is 0 Å². The molecule has 0 bridgehead atoms. The third kappa shape index (κ3) is 2.07. The number of carbonyl (C=O) groups is 2. The maximum atomic E-state index is 13.2. The van der Waals surface area contributed by atoms with Crippen molar-refractivity contribution in [3.05, 3.63) is 29.8 Å². The van der Waals surface area contributed by atoms with Crippen LogP contribution in [0.5, 0.6) is 0 Å². The first-order chi connectivity index (χ1) is 8.93. The van der Waals surface area contributed by atoms with Crippen LogP contribution in [0.15, 0.2) is 18.2 Å². The number of imide groups is 1. The number of anilines is 1. The van der Waals surface area contributed by atoms with Gasteiger partial charge < -0.3 is 5.32 Å². The Morgan fingerprint density at radius 3 is 2.05 bits per heavy atom. The Morgan fingerprint density at radius 2 is 1.63 bits per heavy atom. The first-order valence-corrected chi connectivity index (χ1v) is 6.06. The molecule has 0 atom stereocenters. The summed E-state index contributed by atoms with van der Waals surface area (Å²) in [6.45, 7) is 3.55. The molecule has 0 aliphatic carbocycles. The fourth-order valence-corrected chi connectivity index (χ4v) is 2.25. The molecule has 6 heteroatoms. The quantitative estimate of drug-likeness (QED) is 0.856. The molecule has 0 unspecified atom stereocenters. The van der Waals surface area contributed by atoms with Gasteiger partial charge in [-0.05, 0) is 25.0 Å². The molecular weight excluding hydrogens is 254 g/mol. The lowest BCUT2D eigenvalue weighted by atomic mass is 9.93. The molecule has 1 aromatic carbocycles. The van der Waals surface area contributed by atoms with Gasteiger partial charge in [0.05, 0.1) is 5.69 Å². The van der Waals surface area contributed by atoms with Gasteiger partial charge in [-0.25, -0.2) is 18.5 Å². The predicted octanol–water partition coefficient (Wildman–Crippen LogP) is 2.58. The van der Waals surface area contributed by atoms with Crippen molar-refractivity contribution < 1.29 is 18.4 Å². The lowest BCUT2D eigenvalue weighted by Crippen LogP contribution is -2.45. The lowest BCUT2D eigenvalue weighted by Gasteiger charge is -2.23. The molecule has 1 N–H and O–H groups in total. The Bertz CT molecular complexity index is 521. The topological polar surface area (TPSA) is 49.4 Å². The Kier molecular flexibility index (Phi) is 3.26. The number of nitrogens with one attached hydrogen (secondary N) is 1. The van der Waals surface area contributed by atoms with Crippen LogP contribution in [0.3, 0.4) is 0 Å². The van der Waals surface area contributed by atoms with Gasteiger partial charge in [-0.3, -0.25) is 4.79 Å². The molecule has 1 heterocycles. The molecule has 19 heavy (non-hydrogen) atoms. The van der Waals surface area contributed by atoms with Gasteiger partial charge in [-0.15, -0.1) is 0 Å². The second-order valence-corrected chi connectivity index (χ2v) is 4.49. The lowest BCUT2D eigenvalue weighted by molar-refractivity contribution is -0.122. The Labute approximate surface area is 109 Å². The van der Waals surface area contributed by atoms with E-state index >= 15 is 0 Å². The first kappa shape index (κ1) is 13.5. The summed E-state index contributed by atoms with van der Waals surface area (Å²) in [5, 5.41) is 2.60. The number of nitrogens with zero attached hydrogens (tertiary/aromatic N) is 1. The number of amides is 3. The van der Waals surface area contributed by atoms with Crippen LogP contribution >= 0.6 is 0 Å². The zero-order valence-corrected chi connectivity index (χ0v) is 10.7. The van der Waals surface area contributed by atoms with Crippen LogP contribution in [-0.2, 0) is 4.79 Å². The zero-order valence-electron chi connectivity index (χ0n) is 10.7. The molecule has 1 saturated heterocycles. The van der Waals surface area contributed by atoms with Crippen molar-refractivity contribution in [2.24, 2.45) is 0 Å². The fraction of sp³-hybridized carbons (Fsp3) is 0.385. The molecule has 0 saturated carbocycles. The first-order valence-electron chi connectivity index (χ1n) is 6.06. The maximum Gasteiger partial charge on any atom is 0.329 e. The van der Waals surface area contributed by atoms with Gasteiger partial charge in [0.2, 0.25) is 0 Å². The van der Waals surface area contributed by atoms with E-state index in [1.165, 1.54) is 0 Å². The second-order valence-electron chi connectivity index (χ2n) is 4.49. The molecule has 4 nitrogen and oxygen atoms in total. The van der Waals surface area contributed by atoms with Gasteiger partial charge >= 0.3 is 6.03 Å². The Hall–Kier alpha value is -1.98. The van der Waals surface area contributed by atoms with E-state index in [2.05, 4.69) is 5.32 Å². The van der Waals surface area contributed by atoms with E-state index in [4.69, 9.17) is 0 Å². The highest BCUT2D eigenvalue weighted by molar-refractivity contribution is 6.23. The number of carbonyl (C=O) groups excluding carboxylic acids is 2. The standard InChI is InChI=1S/C13H14F2N2O2/c1-3-13(4-2)11(18)17(12(19)16-13)10-6-8(14)5-9(15)7-10/h5-7H,3-4H2,1-2H3,(H,16,19). The highest BCUT2D eigenvalue weighted by Gasteiger charge is 2.49. The van der Waals surface area contributed by atoms with Gasteiger partial charge in [0.25, 0.3) is 5.91 Å². The summed E-state index contributed by atoms with van der Waals surface area (Å²) in [5.41, 5.74) is -1.08. The van der Waals surface area contributed by atoms with Gasteiger partial charge in [-0.1, -0.05) is 13.8 Å². The zero-order chi connectivity index (χ0) is 14.2. The fourth-order valence-electron chi connectivity index (χ4n) is 2.25. The summed E-state index contributed by atoms with van der Waals surface area (Å²) in [5.74, 6) is -2.14. The molecule has 1 aliphatic heterocycles. The van der Waals surface area contributed by atoms with E-state index in [-0.39, 0.29) is 5.69 Å². The normalized spacial score (nSPS) is 17.8. The number of hydrogen-bond acceptors (Lipinski definition) is 2. The molecule has 1 fully saturated rings. The molecule has 0 aromatic heterocycles. The van der Waals surface area contributed by atoms with E-state index in [1.807, 2.05) is 0 Å². The molecule has 0 radical (unpaired) electrons. The van der Waals surface area contributed by atoms with Crippen molar-refractivity contribution in [1.29, 1.82) is 0 Å². The SMILES string of the molecule is CCC1(CC)NC(=O)N(c2cc(F)cc(F)c2)C1=O. The van der Waals surface area contributed by atoms with E-state index in [9.17, 15) is 18.4 Å². The van der Waals surface area contributed by atoms with E-state index < -0.39 is 29.1 Å². The summed E-state index contributed by atoms with van der Waals surface area (Å²) >= 11 is 0. The summed E-state index contributed by atoms with van der Waals surface area (Å²) in [4.78, 5) is 25.0. The van der Waals surface area contributed by atoms with Crippen LogP contribution in [-0.4, -0.2) is 17.5 Å². The second kappa shape index (κ2) is 4.60. The van der Waals surface area contributed by atoms with Gasteiger partial charge in [-0.2, -0.15) is 0 Å². The molecule has 0 spiro atoms. The average Bonchev–Trinajstić information content (AvgIpc) is 2.60. The minimum absolute atomic E-state index is 0.0937. The number of hydrogen-bond donors (Lipinski definition) is 1. The van der Waals surface area contributed by atoms with Crippen LogP contribution < -0.4 is 10.2 Å². The Morgan fingerprint density at radius 1 is 1.11 bits per heavy atom. The smallest absolute Gasteiger partial charge is 0.323 e. The average molecular weight is 268 g/mol. The summed E-state index contributed by atoms with van der Waals surface area (Å²) in [6.07, 6.45) is 0.838. The van der Waals surface area contributed by atoms with Crippen molar-refractivity contribution in [2.75, 3.05) is 4.90 Å². The van der Waals surface area contributed by atoms with Crippen LogP contribution in [0.25, 0.3) is 0 Å². The molecule has 1 aliphatic rings. The molecule has 2 rings (SSSR count). The van der Waals surface area contributed by atoms with Gasteiger partial charge in [0.1, 0.15) is 17.2 Å². The monoisotopic (exact) mass is 268 g/mol. The van der Waals surface area contributed by atoms with Crippen LogP contribution in [0, 0.1) is 11.6 Å². The summed E-state index contributed by atoms with van der Waals surface area (Å²) < 4.78 is 26.4. The molecule has 1 aromatic rings. The van der Waals surface area contributed by atoms with E-state index in [0.29, 0.717) is 18.9 Å². The minimum atomic E-state index is -0.986. The van der Waals surface area contributed by atoms with E-state index in [0.717, 1.165) is 17.0 Å². The third-order valence-electron chi connectivity index (χ3n) is 3.47. The molecule has 3 amide bonds. The predicted molar refractivity (Wildman–Crippen MR) is 65.7 cm³/mol.